The predicted molar refractivity (Wildman–Crippen MR) is 127 cm³/mol. The molecule has 0 bridgehead atoms. The minimum atomic E-state index is -4.31. The lowest BCUT2D eigenvalue weighted by Crippen LogP contribution is -2.32. The molecule has 2 aliphatic heterocycles. The molecular formula is C23H27F3N6S. The Morgan fingerprint density at radius 2 is 2.15 bits per heavy atom. The van der Waals surface area contributed by atoms with E-state index in [1.165, 1.54) is 6.08 Å². The van der Waals surface area contributed by atoms with Crippen LogP contribution < -0.4 is 16.4 Å². The Morgan fingerprint density at radius 1 is 1.36 bits per heavy atom. The van der Waals surface area contributed by atoms with Gasteiger partial charge in [0, 0.05) is 48.4 Å². The summed E-state index contributed by atoms with van der Waals surface area (Å²) in [5.74, 6) is -1.15. The third kappa shape index (κ3) is 5.11. The molecule has 2 atom stereocenters. The number of alkyl halides is 3. The van der Waals surface area contributed by atoms with Crippen LogP contribution in [-0.2, 0) is 6.42 Å². The van der Waals surface area contributed by atoms with Crippen LogP contribution in [0.1, 0.15) is 37.4 Å². The Balaban J connectivity index is 1.65. The number of nitrogens with two attached hydrogens (primary N) is 1. The third-order valence-corrected chi connectivity index (χ3v) is 6.34. The number of anilines is 1. The SMILES string of the molecule is CC1C(Nc2ncc3c(n2)C2=CCC(C(F)(F)F)C=C2NC(=S)C3)=CC(CCCN)=CN1C. The number of rotatable bonds is 5. The predicted octanol–water partition coefficient (Wildman–Crippen LogP) is 4.05. The molecule has 6 nitrogen and oxygen atoms in total. The van der Waals surface area contributed by atoms with Crippen molar-refractivity contribution in [2.24, 2.45) is 11.7 Å². The molecule has 1 aromatic rings. The van der Waals surface area contributed by atoms with Gasteiger partial charge in [0.05, 0.1) is 22.6 Å². The number of likely N-dealkylation sites (N-methyl/N-ethyl adjacent to an activating group) is 1. The summed E-state index contributed by atoms with van der Waals surface area (Å²) in [6.07, 6.45) is 6.38. The number of thiocarbonyl (C=S) groups is 1. The van der Waals surface area contributed by atoms with Gasteiger partial charge < -0.3 is 21.3 Å². The molecule has 2 unspecified atom stereocenters. The number of hydrogen-bond acceptors (Lipinski definition) is 6. The van der Waals surface area contributed by atoms with Crippen molar-refractivity contribution < 1.29 is 13.2 Å². The molecule has 4 N–H and O–H groups in total. The number of allylic oxidation sites excluding steroid dienone is 5. The highest BCUT2D eigenvalue weighted by molar-refractivity contribution is 7.80. The van der Waals surface area contributed by atoms with E-state index in [2.05, 4.69) is 39.7 Å². The first kappa shape index (κ1) is 23.4. The second-order valence-electron chi connectivity index (χ2n) is 8.54. The van der Waals surface area contributed by atoms with Gasteiger partial charge in [0.25, 0.3) is 0 Å². The first-order valence-electron chi connectivity index (χ1n) is 10.9. The summed E-state index contributed by atoms with van der Waals surface area (Å²) in [6, 6.07) is 0.0835. The Morgan fingerprint density at radius 3 is 2.88 bits per heavy atom. The van der Waals surface area contributed by atoms with Crippen molar-refractivity contribution in [3.63, 3.8) is 0 Å². The summed E-state index contributed by atoms with van der Waals surface area (Å²) in [5.41, 5.74) is 10.1. The summed E-state index contributed by atoms with van der Waals surface area (Å²) in [4.78, 5) is 11.7. The van der Waals surface area contributed by atoms with Gasteiger partial charge in [-0.1, -0.05) is 18.3 Å². The Kier molecular flexibility index (Phi) is 6.58. The average molecular weight is 477 g/mol. The zero-order valence-corrected chi connectivity index (χ0v) is 19.4. The van der Waals surface area contributed by atoms with Crippen molar-refractivity contribution >= 4 is 28.7 Å². The summed E-state index contributed by atoms with van der Waals surface area (Å²) in [6.45, 7) is 2.69. The minimum absolute atomic E-state index is 0.0835. The van der Waals surface area contributed by atoms with Gasteiger partial charge in [0.2, 0.25) is 5.95 Å². The summed E-state index contributed by atoms with van der Waals surface area (Å²) >= 11 is 5.35. The summed E-state index contributed by atoms with van der Waals surface area (Å²) in [7, 11) is 2.01. The molecule has 0 aromatic carbocycles. The summed E-state index contributed by atoms with van der Waals surface area (Å²) in [5, 5.41) is 6.29. The van der Waals surface area contributed by atoms with E-state index < -0.39 is 12.1 Å². The second-order valence-corrected chi connectivity index (χ2v) is 9.03. The number of aromatic nitrogens is 2. The second kappa shape index (κ2) is 9.26. The van der Waals surface area contributed by atoms with Crippen LogP contribution in [0.5, 0.6) is 0 Å². The van der Waals surface area contributed by atoms with Gasteiger partial charge in [-0.05, 0) is 50.5 Å². The van der Waals surface area contributed by atoms with Gasteiger partial charge in [-0.3, -0.25) is 0 Å². The van der Waals surface area contributed by atoms with Crippen LogP contribution >= 0.6 is 12.2 Å². The number of halogens is 3. The molecule has 33 heavy (non-hydrogen) atoms. The molecule has 0 spiro atoms. The zero-order chi connectivity index (χ0) is 23.8. The molecule has 176 valence electrons. The van der Waals surface area contributed by atoms with Gasteiger partial charge in [-0.2, -0.15) is 13.2 Å². The van der Waals surface area contributed by atoms with Crippen molar-refractivity contribution in [2.45, 2.75) is 44.8 Å². The van der Waals surface area contributed by atoms with E-state index in [1.807, 2.05) is 7.05 Å². The first-order valence-corrected chi connectivity index (χ1v) is 11.3. The fraction of sp³-hybridized carbons (Fsp3) is 0.435. The molecule has 0 saturated heterocycles. The van der Waals surface area contributed by atoms with Crippen LogP contribution in [0.25, 0.3) is 5.57 Å². The van der Waals surface area contributed by atoms with Crippen LogP contribution in [0, 0.1) is 5.92 Å². The highest BCUT2D eigenvalue weighted by atomic mass is 32.1. The van der Waals surface area contributed by atoms with Gasteiger partial charge in [-0.15, -0.1) is 0 Å². The van der Waals surface area contributed by atoms with Crippen LogP contribution in [0.4, 0.5) is 19.1 Å². The molecule has 1 aromatic heterocycles. The van der Waals surface area contributed by atoms with Crippen molar-refractivity contribution in [2.75, 3.05) is 18.9 Å². The van der Waals surface area contributed by atoms with Crippen molar-refractivity contribution in [3.8, 4) is 0 Å². The van der Waals surface area contributed by atoms with Crippen LogP contribution in [0.2, 0.25) is 0 Å². The maximum absolute atomic E-state index is 13.3. The molecule has 0 saturated carbocycles. The van der Waals surface area contributed by atoms with Crippen LogP contribution in [-0.4, -0.2) is 45.7 Å². The van der Waals surface area contributed by atoms with Gasteiger partial charge in [0.1, 0.15) is 0 Å². The number of nitrogens with one attached hydrogen (secondary N) is 2. The number of hydrogen-bond donors (Lipinski definition) is 3. The maximum Gasteiger partial charge on any atom is 0.395 e. The topological polar surface area (TPSA) is 79.1 Å². The van der Waals surface area contributed by atoms with E-state index >= 15 is 0 Å². The lowest BCUT2D eigenvalue weighted by atomic mass is 9.91. The normalized spacial score (nSPS) is 22.7. The maximum atomic E-state index is 13.3. The fourth-order valence-electron chi connectivity index (χ4n) is 4.13. The quantitative estimate of drug-likeness (QED) is 0.554. The van der Waals surface area contributed by atoms with E-state index in [-0.39, 0.29) is 12.5 Å². The van der Waals surface area contributed by atoms with E-state index in [0.717, 1.165) is 29.7 Å². The zero-order valence-electron chi connectivity index (χ0n) is 18.5. The van der Waals surface area contributed by atoms with Crippen LogP contribution in [0.15, 0.2) is 47.6 Å². The van der Waals surface area contributed by atoms with E-state index in [1.54, 1.807) is 12.3 Å². The Labute approximate surface area is 196 Å². The molecule has 3 aliphatic rings. The van der Waals surface area contributed by atoms with E-state index in [9.17, 15) is 13.2 Å². The van der Waals surface area contributed by atoms with Crippen molar-refractivity contribution in [1.82, 2.24) is 20.2 Å². The molecule has 0 fully saturated rings. The smallest absolute Gasteiger partial charge is 0.372 e. The van der Waals surface area contributed by atoms with E-state index in [4.69, 9.17) is 22.9 Å². The molecule has 10 heteroatoms. The molecule has 3 heterocycles. The Hall–Kier alpha value is -2.72. The largest absolute Gasteiger partial charge is 0.395 e. The third-order valence-electron chi connectivity index (χ3n) is 6.10. The first-order chi connectivity index (χ1) is 15.7. The van der Waals surface area contributed by atoms with Gasteiger partial charge in [-0.25, -0.2) is 9.97 Å². The minimum Gasteiger partial charge on any atom is -0.372 e. The number of fused-ring (bicyclic) bond motifs is 3. The standard InChI is InChI=1S/C23H27F3N6S/c1-13-18(8-14(4-3-7-27)12-32(13)2)30-22-28-11-15-9-20(33)29-19-10-16(23(24,25)26)5-6-17(19)21(15)31-22/h6,8,10-13,16H,3-5,7,9,27H2,1-2H3,(H,29,33)(H,28,30,31). The molecular weight excluding hydrogens is 449 g/mol. The molecule has 4 rings (SSSR count). The van der Waals surface area contributed by atoms with Crippen molar-refractivity contribution in [3.05, 3.63) is 58.8 Å². The lowest BCUT2D eigenvalue weighted by Gasteiger charge is -2.31. The van der Waals surface area contributed by atoms with Gasteiger partial charge >= 0.3 is 6.18 Å². The monoisotopic (exact) mass is 476 g/mol. The van der Waals surface area contributed by atoms with E-state index in [0.29, 0.717) is 40.9 Å². The van der Waals surface area contributed by atoms with Crippen LogP contribution in [0.3, 0.4) is 0 Å². The lowest BCUT2D eigenvalue weighted by molar-refractivity contribution is -0.160. The molecule has 1 aliphatic carbocycles. The average Bonchev–Trinajstić information content (AvgIpc) is 2.89. The highest BCUT2D eigenvalue weighted by Crippen LogP contribution is 2.39. The molecule has 0 amide bonds. The number of nitrogens with zero attached hydrogens (tertiary/aromatic N) is 3. The Bertz CT molecular complexity index is 1070. The fourth-order valence-corrected chi connectivity index (χ4v) is 4.40. The highest BCUT2D eigenvalue weighted by Gasteiger charge is 2.40. The summed E-state index contributed by atoms with van der Waals surface area (Å²) < 4.78 is 39.9. The molecule has 0 radical (unpaired) electrons. The van der Waals surface area contributed by atoms with Crippen molar-refractivity contribution in [1.29, 1.82) is 0 Å². The van der Waals surface area contributed by atoms with Gasteiger partial charge in [0.15, 0.2) is 0 Å².